The number of primary sulfonamides is 1. The van der Waals surface area contributed by atoms with Crippen molar-refractivity contribution >= 4 is 43.5 Å². The minimum atomic E-state index is -4.07. The van der Waals surface area contributed by atoms with Crippen LogP contribution in [0.4, 0.5) is 0 Å². The Kier molecular flexibility index (Phi) is 5.61. The summed E-state index contributed by atoms with van der Waals surface area (Å²) in [6, 6.07) is 10.8. The van der Waals surface area contributed by atoms with Crippen molar-refractivity contribution in [3.8, 4) is 11.5 Å². The van der Waals surface area contributed by atoms with E-state index in [0.29, 0.717) is 5.56 Å². The smallest absolute Gasteiger partial charge is 0.338 e. The van der Waals surface area contributed by atoms with Gasteiger partial charge < -0.3 is 9.15 Å². The Morgan fingerprint density at radius 3 is 2.56 bits per heavy atom. The molecule has 3 rings (SSSR count). The molecule has 0 spiro atoms. The van der Waals surface area contributed by atoms with Crippen LogP contribution in [0.1, 0.15) is 16.2 Å². The molecule has 0 aliphatic heterocycles. The second-order valence-corrected chi connectivity index (χ2v) is 8.13. The van der Waals surface area contributed by atoms with Gasteiger partial charge in [-0.05, 0) is 42.5 Å². The molecule has 27 heavy (non-hydrogen) atoms. The van der Waals surface area contributed by atoms with Crippen molar-refractivity contribution in [3.63, 3.8) is 0 Å². The van der Waals surface area contributed by atoms with Crippen molar-refractivity contribution in [3.05, 3.63) is 63.4 Å². The monoisotopic (exact) mass is 471 g/mol. The van der Waals surface area contributed by atoms with Gasteiger partial charge in [-0.15, -0.1) is 10.2 Å². The van der Waals surface area contributed by atoms with Crippen LogP contribution in [-0.2, 0) is 21.4 Å². The van der Waals surface area contributed by atoms with Gasteiger partial charge in [0.1, 0.15) is 4.90 Å². The molecule has 0 amide bonds. The Bertz CT molecular complexity index is 1100. The van der Waals surface area contributed by atoms with Gasteiger partial charge in [-0.1, -0.05) is 27.5 Å². The van der Waals surface area contributed by atoms with Crippen molar-refractivity contribution < 1.29 is 22.4 Å². The summed E-state index contributed by atoms with van der Waals surface area (Å²) in [5.74, 6) is -0.432. The molecular weight excluding hydrogens is 462 g/mol. The first-order chi connectivity index (χ1) is 12.7. The third-order valence-corrected chi connectivity index (χ3v) is 5.28. The first-order valence-corrected chi connectivity index (χ1v) is 10.0. The Morgan fingerprint density at radius 2 is 1.89 bits per heavy atom. The Balaban J connectivity index is 1.71. The molecule has 0 unspecified atom stereocenters. The van der Waals surface area contributed by atoms with Crippen LogP contribution in [0.3, 0.4) is 0 Å². The zero-order chi connectivity index (χ0) is 19.6. The molecule has 2 N–H and O–H groups in total. The minimum Gasteiger partial charge on any atom is -0.452 e. The maximum Gasteiger partial charge on any atom is 0.338 e. The predicted octanol–water partition coefficient (Wildman–Crippen LogP) is 3.16. The standard InChI is InChI=1S/C16H11BrClN3O5S/c17-11-4-1-9(2-5-11)15-21-20-14(26-15)8-25-16(22)10-3-6-12(18)13(7-10)27(19,23)24/h1-7H,8H2,(H2,19,23,24). The highest BCUT2D eigenvalue weighted by atomic mass is 79.9. The van der Waals surface area contributed by atoms with E-state index in [1.165, 1.54) is 12.1 Å². The fraction of sp³-hybridized carbons (Fsp3) is 0.0625. The summed E-state index contributed by atoms with van der Waals surface area (Å²) in [6.45, 7) is -0.282. The third-order valence-electron chi connectivity index (χ3n) is 3.36. The van der Waals surface area contributed by atoms with Gasteiger partial charge in [-0.3, -0.25) is 0 Å². The molecule has 0 fully saturated rings. The number of esters is 1. The lowest BCUT2D eigenvalue weighted by Gasteiger charge is -2.05. The topological polar surface area (TPSA) is 125 Å². The van der Waals surface area contributed by atoms with E-state index >= 15 is 0 Å². The van der Waals surface area contributed by atoms with Crippen molar-refractivity contribution in [2.45, 2.75) is 11.5 Å². The largest absolute Gasteiger partial charge is 0.452 e. The zero-order valence-corrected chi connectivity index (χ0v) is 16.6. The maximum atomic E-state index is 12.1. The van der Waals surface area contributed by atoms with E-state index in [1.807, 2.05) is 12.1 Å². The molecular formula is C16H11BrClN3O5S. The first-order valence-electron chi connectivity index (χ1n) is 7.32. The van der Waals surface area contributed by atoms with Crippen molar-refractivity contribution in [1.29, 1.82) is 0 Å². The Morgan fingerprint density at radius 1 is 1.19 bits per heavy atom. The number of halogens is 2. The molecule has 0 saturated heterocycles. The van der Waals surface area contributed by atoms with E-state index in [1.54, 1.807) is 12.1 Å². The number of sulfonamides is 1. The molecule has 3 aromatic rings. The van der Waals surface area contributed by atoms with E-state index in [2.05, 4.69) is 26.1 Å². The molecule has 0 saturated carbocycles. The highest BCUT2D eigenvalue weighted by Crippen LogP contribution is 2.23. The average Bonchev–Trinajstić information content (AvgIpc) is 3.08. The van der Waals surface area contributed by atoms with Crippen molar-refractivity contribution in [1.82, 2.24) is 10.2 Å². The molecule has 0 atom stereocenters. The fourth-order valence-corrected chi connectivity index (χ4v) is 3.42. The molecule has 1 aromatic heterocycles. The van der Waals surface area contributed by atoms with Gasteiger partial charge in [0, 0.05) is 10.0 Å². The van der Waals surface area contributed by atoms with E-state index in [4.69, 9.17) is 25.9 Å². The molecule has 2 aromatic carbocycles. The number of benzene rings is 2. The fourth-order valence-electron chi connectivity index (χ4n) is 2.08. The second-order valence-electron chi connectivity index (χ2n) is 5.27. The molecule has 140 valence electrons. The predicted molar refractivity (Wildman–Crippen MR) is 99.4 cm³/mol. The molecule has 0 bridgehead atoms. The number of nitrogens with zero attached hydrogens (tertiary/aromatic N) is 2. The summed E-state index contributed by atoms with van der Waals surface area (Å²) >= 11 is 9.11. The van der Waals surface area contributed by atoms with Gasteiger partial charge in [0.15, 0.2) is 6.61 Å². The molecule has 8 nitrogen and oxygen atoms in total. The van der Waals surface area contributed by atoms with Crippen molar-refractivity contribution in [2.75, 3.05) is 0 Å². The van der Waals surface area contributed by atoms with Gasteiger partial charge >= 0.3 is 5.97 Å². The van der Waals surface area contributed by atoms with E-state index in [-0.39, 0.29) is 33.9 Å². The number of hydrogen-bond acceptors (Lipinski definition) is 7. The quantitative estimate of drug-likeness (QED) is 0.565. The normalized spacial score (nSPS) is 11.4. The van der Waals surface area contributed by atoms with Crippen LogP contribution in [0, 0.1) is 0 Å². The summed E-state index contributed by atoms with van der Waals surface area (Å²) in [5, 5.41) is 12.7. The number of carbonyl (C=O) groups excluding carboxylic acids is 1. The van der Waals surface area contributed by atoms with Gasteiger partial charge in [0.25, 0.3) is 5.89 Å². The Hall–Kier alpha value is -2.27. The number of carbonyl (C=O) groups is 1. The minimum absolute atomic E-state index is 0.0314. The lowest BCUT2D eigenvalue weighted by atomic mass is 10.2. The van der Waals surface area contributed by atoms with Gasteiger partial charge in [0.05, 0.1) is 10.6 Å². The summed E-state index contributed by atoms with van der Waals surface area (Å²) in [5.41, 5.74) is 0.676. The third kappa shape index (κ3) is 4.72. The number of hydrogen-bond donors (Lipinski definition) is 1. The van der Waals surface area contributed by atoms with Crippen LogP contribution in [-0.4, -0.2) is 24.6 Å². The molecule has 11 heteroatoms. The number of nitrogens with two attached hydrogens (primary N) is 1. The highest BCUT2D eigenvalue weighted by Gasteiger charge is 2.18. The van der Waals surface area contributed by atoms with E-state index in [9.17, 15) is 13.2 Å². The van der Waals surface area contributed by atoms with E-state index in [0.717, 1.165) is 10.5 Å². The van der Waals surface area contributed by atoms with Crippen LogP contribution >= 0.6 is 27.5 Å². The van der Waals surface area contributed by atoms with E-state index < -0.39 is 16.0 Å². The molecule has 1 heterocycles. The maximum absolute atomic E-state index is 12.1. The lowest BCUT2D eigenvalue weighted by molar-refractivity contribution is 0.0438. The van der Waals surface area contributed by atoms with Gasteiger partial charge in [-0.25, -0.2) is 18.4 Å². The molecule has 0 aliphatic carbocycles. The second kappa shape index (κ2) is 7.77. The average molecular weight is 473 g/mol. The summed E-state index contributed by atoms with van der Waals surface area (Å²) in [7, 11) is -4.07. The highest BCUT2D eigenvalue weighted by molar-refractivity contribution is 9.10. The van der Waals surface area contributed by atoms with Crippen LogP contribution in [0.2, 0.25) is 5.02 Å². The Labute approximate surface area is 167 Å². The van der Waals surface area contributed by atoms with Crippen LogP contribution < -0.4 is 5.14 Å². The van der Waals surface area contributed by atoms with Gasteiger partial charge in [-0.2, -0.15) is 0 Å². The van der Waals surface area contributed by atoms with Crippen LogP contribution in [0.25, 0.3) is 11.5 Å². The van der Waals surface area contributed by atoms with Crippen molar-refractivity contribution in [2.24, 2.45) is 5.14 Å². The van der Waals surface area contributed by atoms with Gasteiger partial charge in [0.2, 0.25) is 15.9 Å². The van der Waals surface area contributed by atoms with Crippen LogP contribution in [0.15, 0.2) is 56.2 Å². The number of rotatable bonds is 5. The summed E-state index contributed by atoms with van der Waals surface area (Å²) in [6.07, 6.45) is 0. The molecule has 0 radical (unpaired) electrons. The lowest BCUT2D eigenvalue weighted by Crippen LogP contribution is -2.14. The molecule has 0 aliphatic rings. The number of aromatic nitrogens is 2. The first kappa shape index (κ1) is 19.5. The zero-order valence-electron chi connectivity index (χ0n) is 13.4. The summed E-state index contributed by atoms with van der Waals surface area (Å²) < 4.78 is 34.4. The summed E-state index contributed by atoms with van der Waals surface area (Å²) in [4.78, 5) is 11.8. The van der Waals surface area contributed by atoms with Crippen LogP contribution in [0.5, 0.6) is 0 Å². The SMILES string of the molecule is NS(=O)(=O)c1cc(C(=O)OCc2nnc(-c3ccc(Br)cc3)o2)ccc1Cl. The number of ether oxygens (including phenoxy) is 1.